The molecule has 0 saturated heterocycles. The number of hydrogen-bond donors (Lipinski definition) is 0. The van der Waals surface area contributed by atoms with Crippen LogP contribution in [0.1, 0.15) is 0 Å². The van der Waals surface area contributed by atoms with Gasteiger partial charge in [0.15, 0.2) is 0 Å². The molecule has 2 heterocycles. The van der Waals surface area contributed by atoms with Crippen molar-refractivity contribution in [2.45, 2.75) is 0 Å². The molecule has 150 valence electrons. The van der Waals surface area contributed by atoms with Crippen molar-refractivity contribution in [2.24, 2.45) is 0 Å². The lowest BCUT2D eigenvalue weighted by Crippen LogP contribution is -1.87. The van der Waals surface area contributed by atoms with Crippen LogP contribution in [0, 0.1) is 0 Å². The summed E-state index contributed by atoms with van der Waals surface area (Å²) in [6.45, 7) is 0. The van der Waals surface area contributed by atoms with E-state index in [1.54, 1.807) is 0 Å². The Morgan fingerprint density at radius 2 is 0.688 bits per heavy atom. The molecule has 5 aromatic carbocycles. The van der Waals surface area contributed by atoms with Crippen molar-refractivity contribution in [2.75, 3.05) is 0 Å². The molecule has 0 unspecified atom stereocenters. The molecule has 0 aliphatic carbocycles. The van der Waals surface area contributed by atoms with Crippen LogP contribution in [0.3, 0.4) is 0 Å². The van der Waals surface area contributed by atoms with E-state index in [9.17, 15) is 0 Å². The highest BCUT2D eigenvalue weighted by atomic mass is 16.3. The maximum absolute atomic E-state index is 6.16. The molecular formula is C30H18O2. The van der Waals surface area contributed by atoms with Crippen molar-refractivity contribution in [1.29, 1.82) is 0 Å². The van der Waals surface area contributed by atoms with Crippen LogP contribution in [0.25, 0.3) is 66.1 Å². The van der Waals surface area contributed by atoms with Gasteiger partial charge >= 0.3 is 0 Å². The smallest absolute Gasteiger partial charge is 0.136 e. The minimum absolute atomic E-state index is 0.908. The van der Waals surface area contributed by atoms with E-state index in [1.807, 2.05) is 36.4 Å². The fourth-order valence-electron chi connectivity index (χ4n) is 4.95. The van der Waals surface area contributed by atoms with Crippen LogP contribution in [0.15, 0.2) is 118 Å². The lowest BCUT2D eigenvalue weighted by molar-refractivity contribution is 0.668. The van der Waals surface area contributed by atoms with Crippen molar-refractivity contribution >= 4 is 43.9 Å². The topological polar surface area (TPSA) is 26.3 Å². The third-order valence-corrected chi connectivity index (χ3v) is 6.31. The first-order valence-corrected chi connectivity index (χ1v) is 10.8. The Bertz CT molecular complexity index is 1650. The molecule has 2 nitrogen and oxygen atoms in total. The molecule has 0 bridgehead atoms. The van der Waals surface area contributed by atoms with Crippen molar-refractivity contribution in [3.63, 3.8) is 0 Å². The monoisotopic (exact) mass is 410 g/mol. The van der Waals surface area contributed by atoms with E-state index in [0.29, 0.717) is 0 Å². The van der Waals surface area contributed by atoms with Gasteiger partial charge in [-0.3, -0.25) is 0 Å². The zero-order valence-electron chi connectivity index (χ0n) is 17.2. The minimum Gasteiger partial charge on any atom is -0.456 e. The van der Waals surface area contributed by atoms with Gasteiger partial charge in [-0.1, -0.05) is 84.9 Å². The van der Waals surface area contributed by atoms with Gasteiger partial charge in [-0.05, 0) is 46.5 Å². The highest BCUT2D eigenvalue weighted by Gasteiger charge is 2.18. The van der Waals surface area contributed by atoms with Gasteiger partial charge in [0.25, 0.3) is 0 Å². The van der Waals surface area contributed by atoms with Crippen LogP contribution in [-0.2, 0) is 0 Å². The van der Waals surface area contributed by atoms with Crippen molar-refractivity contribution in [3.05, 3.63) is 109 Å². The molecule has 0 aliphatic rings. The lowest BCUT2D eigenvalue weighted by atomic mass is 9.90. The predicted octanol–water partition coefficient (Wildman–Crippen LogP) is 8.82. The molecular weight excluding hydrogens is 392 g/mol. The largest absolute Gasteiger partial charge is 0.456 e. The van der Waals surface area contributed by atoms with Crippen LogP contribution in [0.5, 0.6) is 0 Å². The van der Waals surface area contributed by atoms with Gasteiger partial charge in [0.05, 0.1) is 0 Å². The van der Waals surface area contributed by atoms with Crippen LogP contribution < -0.4 is 0 Å². The highest BCUT2D eigenvalue weighted by Crippen LogP contribution is 2.43. The summed E-state index contributed by atoms with van der Waals surface area (Å²) in [4.78, 5) is 0. The number of benzene rings is 5. The third kappa shape index (κ3) is 2.41. The average Bonchev–Trinajstić information content (AvgIpc) is 3.42. The van der Waals surface area contributed by atoms with Gasteiger partial charge < -0.3 is 8.83 Å². The zero-order chi connectivity index (χ0) is 21.1. The molecule has 0 atom stereocenters. The fourth-order valence-corrected chi connectivity index (χ4v) is 4.95. The summed E-state index contributed by atoms with van der Waals surface area (Å²) in [6.07, 6.45) is 0. The maximum Gasteiger partial charge on any atom is 0.136 e. The Balaban J connectivity index is 1.59. The van der Waals surface area contributed by atoms with E-state index in [1.165, 1.54) is 22.3 Å². The maximum atomic E-state index is 6.16. The predicted molar refractivity (Wildman–Crippen MR) is 132 cm³/mol. The summed E-state index contributed by atoms with van der Waals surface area (Å²) in [5, 5.41) is 4.58. The van der Waals surface area contributed by atoms with Crippen molar-refractivity contribution < 1.29 is 8.83 Å². The summed E-state index contributed by atoms with van der Waals surface area (Å²) in [5.74, 6) is 0. The summed E-state index contributed by atoms with van der Waals surface area (Å²) in [6, 6.07) is 37.7. The van der Waals surface area contributed by atoms with E-state index >= 15 is 0 Å². The zero-order valence-corrected chi connectivity index (χ0v) is 17.2. The minimum atomic E-state index is 0.908. The Labute approximate surface area is 184 Å². The Hall–Kier alpha value is -4.30. The van der Waals surface area contributed by atoms with Gasteiger partial charge in [-0.2, -0.15) is 0 Å². The van der Waals surface area contributed by atoms with Crippen LogP contribution in [-0.4, -0.2) is 0 Å². The van der Waals surface area contributed by atoms with Crippen molar-refractivity contribution in [1.82, 2.24) is 0 Å². The highest BCUT2D eigenvalue weighted by molar-refractivity contribution is 6.17. The Kier molecular flexibility index (Phi) is 3.58. The molecule has 2 heteroatoms. The van der Waals surface area contributed by atoms with Gasteiger partial charge in [-0.25, -0.2) is 0 Å². The Morgan fingerprint density at radius 3 is 1.19 bits per heavy atom. The van der Waals surface area contributed by atoms with E-state index in [0.717, 1.165) is 43.9 Å². The van der Waals surface area contributed by atoms with Gasteiger partial charge in [-0.15, -0.1) is 0 Å². The molecule has 0 fully saturated rings. The van der Waals surface area contributed by atoms with E-state index in [2.05, 4.69) is 72.8 Å². The second-order valence-corrected chi connectivity index (χ2v) is 8.10. The second kappa shape index (κ2) is 6.60. The summed E-state index contributed by atoms with van der Waals surface area (Å²) in [7, 11) is 0. The molecule has 0 spiro atoms. The normalized spacial score (nSPS) is 11.8. The molecule has 2 aromatic heterocycles. The number of furan rings is 2. The molecule has 32 heavy (non-hydrogen) atoms. The van der Waals surface area contributed by atoms with Gasteiger partial charge in [0.1, 0.15) is 22.3 Å². The standard InChI is InChI=1S/C30H18O2/c1-2-10-20(22-14-8-18-28-30(22)24-12-4-6-16-26(24)32-28)19(9-1)21-13-7-17-27-29(21)23-11-3-5-15-25(23)31-27/h1-18H. The van der Waals surface area contributed by atoms with Gasteiger partial charge in [0.2, 0.25) is 0 Å². The second-order valence-electron chi connectivity index (χ2n) is 8.10. The molecule has 0 N–H and O–H groups in total. The molecule has 7 rings (SSSR count). The van der Waals surface area contributed by atoms with E-state index < -0.39 is 0 Å². The molecule has 0 amide bonds. The molecule has 0 aliphatic heterocycles. The fraction of sp³-hybridized carbons (Fsp3) is 0. The lowest BCUT2D eigenvalue weighted by Gasteiger charge is -2.12. The quantitative estimate of drug-likeness (QED) is 0.284. The Morgan fingerprint density at radius 1 is 0.312 bits per heavy atom. The summed E-state index contributed by atoms with van der Waals surface area (Å²) in [5.41, 5.74) is 8.35. The molecule has 7 aromatic rings. The third-order valence-electron chi connectivity index (χ3n) is 6.31. The average molecular weight is 410 g/mol. The SMILES string of the molecule is c1ccc(-c2cccc3oc4ccccc4c23)c(-c2cccc3oc4ccccc4c23)c1. The van der Waals surface area contributed by atoms with E-state index in [-0.39, 0.29) is 0 Å². The summed E-state index contributed by atoms with van der Waals surface area (Å²) < 4.78 is 12.3. The summed E-state index contributed by atoms with van der Waals surface area (Å²) >= 11 is 0. The van der Waals surface area contributed by atoms with Crippen LogP contribution in [0.4, 0.5) is 0 Å². The number of fused-ring (bicyclic) bond motifs is 6. The van der Waals surface area contributed by atoms with Crippen LogP contribution in [0.2, 0.25) is 0 Å². The first kappa shape index (κ1) is 17.4. The molecule has 0 saturated carbocycles. The van der Waals surface area contributed by atoms with Crippen molar-refractivity contribution in [3.8, 4) is 22.3 Å². The molecule has 0 radical (unpaired) electrons. The first-order chi connectivity index (χ1) is 15.9. The number of para-hydroxylation sites is 2. The van der Waals surface area contributed by atoms with E-state index in [4.69, 9.17) is 8.83 Å². The number of rotatable bonds is 2. The number of hydrogen-bond acceptors (Lipinski definition) is 2. The first-order valence-electron chi connectivity index (χ1n) is 10.8. The van der Waals surface area contributed by atoms with Gasteiger partial charge in [0, 0.05) is 21.5 Å². The van der Waals surface area contributed by atoms with Crippen LogP contribution >= 0.6 is 0 Å².